The van der Waals surface area contributed by atoms with E-state index in [9.17, 15) is 23.1 Å². The molecule has 13 heteroatoms. The Labute approximate surface area is 228 Å². The number of carbonyl (C=O) groups excluding carboxylic acids is 1. The smallest absolute Gasteiger partial charge is 0.326 e. The molecule has 0 radical (unpaired) electrons. The summed E-state index contributed by atoms with van der Waals surface area (Å²) < 4.78 is 35.0. The van der Waals surface area contributed by atoms with Crippen LogP contribution < -0.4 is 14.8 Å². The number of rotatable bonds is 8. The maximum absolute atomic E-state index is 13.2. The lowest BCUT2D eigenvalue weighted by Gasteiger charge is -2.21. The van der Waals surface area contributed by atoms with E-state index in [1.165, 1.54) is 30.3 Å². The molecule has 1 unspecified atom stereocenters. The minimum absolute atomic E-state index is 0.00573. The van der Waals surface area contributed by atoms with Crippen LogP contribution in [0.1, 0.15) is 15.9 Å². The molecule has 1 atom stereocenters. The number of hydrogen-bond donors (Lipinski definition) is 4. The van der Waals surface area contributed by atoms with E-state index in [0.29, 0.717) is 14.8 Å². The summed E-state index contributed by atoms with van der Waals surface area (Å²) in [5, 5.41) is 12.2. The van der Waals surface area contributed by atoms with Crippen LogP contribution in [-0.4, -0.2) is 35.7 Å². The molecule has 0 saturated carbocycles. The average Bonchev–Trinajstić information content (AvgIpc) is 3.27. The summed E-state index contributed by atoms with van der Waals surface area (Å²) in [4.78, 5) is 25.0. The number of carbonyl (C=O) groups is 2. The first-order valence-electron chi connectivity index (χ1n) is 10.1. The zero-order valence-electron chi connectivity index (χ0n) is 17.7. The summed E-state index contributed by atoms with van der Waals surface area (Å²) in [5.74, 6) is -1.92. The lowest BCUT2D eigenvalue weighted by atomic mass is 10.1. The molecule has 2 heterocycles. The minimum atomic E-state index is -4.07. The molecular weight excluding hydrogens is 671 g/mol. The van der Waals surface area contributed by atoms with Crippen molar-refractivity contribution in [3.8, 4) is 0 Å². The number of aliphatic carboxylic acids is 1. The van der Waals surface area contributed by atoms with Crippen molar-refractivity contribution in [1.82, 2.24) is 14.3 Å². The molecule has 0 spiro atoms. The Balaban J connectivity index is 1.59. The second kappa shape index (κ2) is 10.6. The fourth-order valence-electron chi connectivity index (χ4n) is 3.40. The third-order valence-electron chi connectivity index (χ3n) is 5.00. The number of sulfonamides is 1. The zero-order valence-corrected chi connectivity index (χ0v) is 23.1. The van der Waals surface area contributed by atoms with Crippen LogP contribution >= 0.6 is 50.7 Å². The SMILES string of the molecule is O=C(NC(Cc1cccc(Br)c1)C(=O)O)c1ccc(I)cc1NS(=O)(=O)C1=CC=CN2SNC=C12. The molecule has 0 saturated heterocycles. The van der Waals surface area contributed by atoms with E-state index >= 15 is 0 Å². The number of nitrogens with one attached hydrogen (secondary N) is 3. The Kier molecular flexibility index (Phi) is 7.78. The van der Waals surface area contributed by atoms with E-state index < -0.39 is 27.9 Å². The lowest BCUT2D eigenvalue weighted by molar-refractivity contribution is -0.139. The first-order valence-corrected chi connectivity index (χ1v) is 14.2. The van der Waals surface area contributed by atoms with E-state index in [-0.39, 0.29) is 22.6 Å². The minimum Gasteiger partial charge on any atom is -0.480 e. The number of carboxylic acids is 1. The summed E-state index contributed by atoms with van der Waals surface area (Å²) in [7, 11) is -4.07. The van der Waals surface area contributed by atoms with Crippen LogP contribution in [0, 0.1) is 3.57 Å². The molecular formula is C22H18BrIN4O5S2. The number of carboxylic acid groups (broad SMARTS) is 1. The normalized spacial score (nSPS) is 15.4. The van der Waals surface area contributed by atoms with Gasteiger partial charge in [-0.05, 0) is 70.6 Å². The van der Waals surface area contributed by atoms with Crippen LogP contribution in [0.4, 0.5) is 5.69 Å². The molecule has 182 valence electrons. The van der Waals surface area contributed by atoms with Crippen LogP contribution in [0.3, 0.4) is 0 Å². The molecule has 0 aromatic heterocycles. The van der Waals surface area contributed by atoms with Gasteiger partial charge in [0.05, 0.1) is 29.1 Å². The van der Waals surface area contributed by atoms with Crippen molar-refractivity contribution in [2.45, 2.75) is 12.5 Å². The van der Waals surface area contributed by atoms with Gasteiger partial charge in [0.1, 0.15) is 10.9 Å². The van der Waals surface area contributed by atoms with Crippen LogP contribution in [0.5, 0.6) is 0 Å². The second-order valence-corrected chi connectivity index (χ2v) is 12.1. The molecule has 2 aromatic rings. The van der Waals surface area contributed by atoms with Crippen LogP contribution in [0.2, 0.25) is 0 Å². The number of hydrogen-bond acceptors (Lipinski definition) is 7. The lowest BCUT2D eigenvalue weighted by Crippen LogP contribution is -2.42. The molecule has 2 aliphatic rings. The van der Waals surface area contributed by atoms with Gasteiger partial charge >= 0.3 is 5.97 Å². The number of benzene rings is 2. The van der Waals surface area contributed by atoms with Crippen molar-refractivity contribution in [3.63, 3.8) is 0 Å². The summed E-state index contributed by atoms with van der Waals surface area (Å²) in [6.45, 7) is 0. The van der Waals surface area contributed by atoms with E-state index in [4.69, 9.17) is 0 Å². The molecule has 0 aliphatic carbocycles. The van der Waals surface area contributed by atoms with Gasteiger partial charge in [0.15, 0.2) is 0 Å². The summed E-state index contributed by atoms with van der Waals surface area (Å²) in [5.41, 5.74) is 1.21. The van der Waals surface area contributed by atoms with Gasteiger partial charge in [-0.1, -0.05) is 28.1 Å². The molecule has 2 aromatic carbocycles. The van der Waals surface area contributed by atoms with Gasteiger partial charge in [-0.25, -0.2) is 13.2 Å². The highest BCUT2D eigenvalue weighted by atomic mass is 127. The highest BCUT2D eigenvalue weighted by molar-refractivity contribution is 14.1. The summed E-state index contributed by atoms with van der Waals surface area (Å²) in [6, 6.07) is 10.5. The van der Waals surface area contributed by atoms with Crippen LogP contribution in [0.15, 0.2) is 82.1 Å². The average molecular weight is 689 g/mol. The van der Waals surface area contributed by atoms with Crippen LogP contribution in [-0.2, 0) is 21.2 Å². The van der Waals surface area contributed by atoms with E-state index in [1.807, 2.05) is 28.7 Å². The van der Waals surface area contributed by atoms with Crippen molar-refractivity contribution >= 4 is 78.2 Å². The molecule has 4 rings (SSSR count). The van der Waals surface area contributed by atoms with Crippen molar-refractivity contribution in [1.29, 1.82) is 0 Å². The Morgan fingerprint density at radius 1 is 1.23 bits per heavy atom. The standard InChI is InChI=1S/C22H18BrIN4O5S2/c23-14-4-1-3-13(9-14)10-18(22(30)31)26-21(29)16-7-6-15(24)11-17(16)27-35(32,33)20-5-2-8-28-19(20)12-25-34-28/h1-9,11-12,18,25,27H,10H2,(H,26,29)(H,30,31). The van der Waals surface area contributed by atoms with Gasteiger partial charge in [0.2, 0.25) is 0 Å². The van der Waals surface area contributed by atoms with E-state index in [2.05, 4.69) is 30.7 Å². The topological polar surface area (TPSA) is 128 Å². The highest BCUT2D eigenvalue weighted by Crippen LogP contribution is 2.34. The highest BCUT2D eigenvalue weighted by Gasteiger charge is 2.31. The van der Waals surface area contributed by atoms with Gasteiger partial charge < -0.3 is 15.1 Å². The number of allylic oxidation sites excluding steroid dienone is 2. The number of halogens is 2. The fraction of sp³-hybridized carbons (Fsp3) is 0.0909. The predicted molar refractivity (Wildman–Crippen MR) is 146 cm³/mol. The van der Waals surface area contributed by atoms with Gasteiger partial charge in [0.25, 0.3) is 15.9 Å². The molecule has 9 nitrogen and oxygen atoms in total. The van der Waals surface area contributed by atoms with E-state index in [0.717, 1.165) is 4.47 Å². The number of amides is 1. The largest absolute Gasteiger partial charge is 0.480 e. The van der Waals surface area contributed by atoms with Crippen molar-refractivity contribution < 1.29 is 23.1 Å². The van der Waals surface area contributed by atoms with Gasteiger partial charge in [-0.3, -0.25) is 13.8 Å². The Morgan fingerprint density at radius 3 is 2.77 bits per heavy atom. The Hall–Kier alpha value is -2.49. The van der Waals surface area contributed by atoms with Crippen molar-refractivity contribution in [2.24, 2.45) is 0 Å². The first-order chi connectivity index (χ1) is 16.6. The monoisotopic (exact) mass is 688 g/mol. The third-order valence-corrected chi connectivity index (χ3v) is 8.31. The quantitative estimate of drug-likeness (QED) is 0.243. The Morgan fingerprint density at radius 2 is 2.03 bits per heavy atom. The molecule has 0 fully saturated rings. The van der Waals surface area contributed by atoms with Crippen LogP contribution in [0.25, 0.3) is 0 Å². The van der Waals surface area contributed by atoms with Crippen molar-refractivity contribution in [3.05, 3.63) is 96.8 Å². The fourth-order valence-corrected chi connectivity index (χ4v) is 6.31. The predicted octanol–water partition coefficient (Wildman–Crippen LogP) is 3.94. The third kappa shape index (κ3) is 6.02. The molecule has 4 N–H and O–H groups in total. The molecule has 35 heavy (non-hydrogen) atoms. The zero-order chi connectivity index (χ0) is 25.2. The molecule has 0 bridgehead atoms. The maximum Gasteiger partial charge on any atom is 0.326 e. The summed E-state index contributed by atoms with van der Waals surface area (Å²) >= 11 is 6.58. The van der Waals surface area contributed by atoms with Crippen molar-refractivity contribution in [2.75, 3.05) is 4.72 Å². The van der Waals surface area contributed by atoms with Gasteiger partial charge in [0, 0.05) is 26.9 Å². The Bertz CT molecular complexity index is 1390. The van der Waals surface area contributed by atoms with Gasteiger partial charge in [-0.15, -0.1) is 0 Å². The first kappa shape index (κ1) is 25.6. The second-order valence-electron chi connectivity index (χ2n) is 7.43. The summed E-state index contributed by atoms with van der Waals surface area (Å²) in [6.07, 6.45) is 6.41. The number of nitrogens with zero attached hydrogens (tertiary/aromatic N) is 1. The molecule has 2 aliphatic heterocycles. The van der Waals surface area contributed by atoms with Gasteiger partial charge in [-0.2, -0.15) is 0 Å². The molecule has 1 amide bonds. The number of anilines is 1. The van der Waals surface area contributed by atoms with E-state index in [1.54, 1.807) is 47.0 Å². The maximum atomic E-state index is 13.2. The number of fused-ring (bicyclic) bond motifs is 1.